The highest BCUT2D eigenvalue weighted by molar-refractivity contribution is 5.49. The fraction of sp³-hybridized carbons (Fsp3) is 0.647. The number of anilines is 1. The van der Waals surface area contributed by atoms with Crippen molar-refractivity contribution in [2.75, 3.05) is 31.2 Å². The summed E-state index contributed by atoms with van der Waals surface area (Å²) in [5.74, 6) is 0.949. The van der Waals surface area contributed by atoms with Crippen molar-refractivity contribution in [3.05, 3.63) is 24.3 Å². The van der Waals surface area contributed by atoms with Crippen molar-refractivity contribution in [3.63, 3.8) is 0 Å². The van der Waals surface area contributed by atoms with Gasteiger partial charge in [0.1, 0.15) is 5.75 Å². The zero-order chi connectivity index (χ0) is 14.5. The Balaban J connectivity index is 1.45. The van der Waals surface area contributed by atoms with Crippen LogP contribution in [-0.4, -0.2) is 38.4 Å². The van der Waals surface area contributed by atoms with Gasteiger partial charge in [-0.1, -0.05) is 0 Å². The van der Waals surface area contributed by atoms with Crippen LogP contribution in [0, 0.1) is 0 Å². The van der Waals surface area contributed by atoms with Gasteiger partial charge in [0.15, 0.2) is 0 Å². The Kier molecular flexibility index (Phi) is 4.99. The first kappa shape index (κ1) is 14.7. The Morgan fingerprint density at radius 3 is 2.57 bits per heavy atom. The van der Waals surface area contributed by atoms with Gasteiger partial charge < -0.3 is 20.1 Å². The molecule has 1 unspecified atom stereocenters. The van der Waals surface area contributed by atoms with Gasteiger partial charge in [0.05, 0.1) is 12.7 Å². The third-order valence-electron chi connectivity index (χ3n) is 4.47. The number of piperidine rings is 1. The lowest BCUT2D eigenvalue weighted by Gasteiger charge is -2.32. The maximum absolute atomic E-state index is 5.95. The van der Waals surface area contributed by atoms with E-state index in [1.807, 2.05) is 0 Å². The smallest absolute Gasteiger partial charge is 0.119 e. The average Bonchev–Trinajstić information content (AvgIpc) is 3.02. The number of ether oxygens (including phenoxy) is 2. The van der Waals surface area contributed by atoms with E-state index in [1.54, 1.807) is 0 Å². The third kappa shape index (κ3) is 4.11. The fourth-order valence-corrected chi connectivity index (χ4v) is 3.09. The second kappa shape index (κ2) is 7.14. The molecule has 0 spiro atoms. The van der Waals surface area contributed by atoms with E-state index in [1.165, 1.54) is 18.5 Å². The van der Waals surface area contributed by atoms with Crippen LogP contribution in [0.15, 0.2) is 24.3 Å². The Bertz CT molecular complexity index is 421. The highest BCUT2D eigenvalue weighted by Gasteiger charge is 2.17. The number of hydrogen-bond donors (Lipinski definition) is 1. The molecule has 4 heteroatoms. The first-order valence-corrected chi connectivity index (χ1v) is 8.16. The van der Waals surface area contributed by atoms with Crippen LogP contribution in [0.2, 0.25) is 0 Å². The zero-order valence-electron chi connectivity index (χ0n) is 12.7. The van der Waals surface area contributed by atoms with Crippen LogP contribution in [0.5, 0.6) is 5.75 Å². The molecule has 4 nitrogen and oxygen atoms in total. The molecule has 0 amide bonds. The largest absolute Gasteiger partial charge is 0.493 e. The number of hydrogen-bond acceptors (Lipinski definition) is 4. The molecule has 2 saturated heterocycles. The van der Waals surface area contributed by atoms with Crippen molar-refractivity contribution in [1.82, 2.24) is 0 Å². The van der Waals surface area contributed by atoms with Gasteiger partial charge in [0.2, 0.25) is 0 Å². The Morgan fingerprint density at radius 1 is 1.14 bits per heavy atom. The molecule has 2 fully saturated rings. The van der Waals surface area contributed by atoms with E-state index in [-0.39, 0.29) is 0 Å². The van der Waals surface area contributed by atoms with Crippen molar-refractivity contribution in [2.45, 2.75) is 44.2 Å². The van der Waals surface area contributed by atoms with Gasteiger partial charge in [-0.25, -0.2) is 0 Å². The lowest BCUT2D eigenvalue weighted by molar-refractivity contribution is 0.0903. The molecule has 2 N–H and O–H groups in total. The third-order valence-corrected chi connectivity index (χ3v) is 4.47. The normalized spacial score (nSPS) is 23.5. The van der Waals surface area contributed by atoms with Crippen LogP contribution in [0.25, 0.3) is 0 Å². The molecule has 3 rings (SSSR count). The van der Waals surface area contributed by atoms with Gasteiger partial charge in [0, 0.05) is 37.8 Å². The predicted octanol–water partition coefficient (Wildman–Crippen LogP) is 2.56. The Hall–Kier alpha value is -1.26. The van der Waals surface area contributed by atoms with Crippen molar-refractivity contribution in [2.24, 2.45) is 5.73 Å². The second-order valence-corrected chi connectivity index (χ2v) is 6.09. The van der Waals surface area contributed by atoms with Crippen LogP contribution in [-0.2, 0) is 4.74 Å². The molecule has 2 heterocycles. The molecule has 116 valence electrons. The standard InChI is InChI=1S/C17H26N2O2/c18-14-7-10-19(11-8-14)15-3-5-17(6-4-15)21-13-9-16-2-1-12-20-16/h3-6,14,16H,1-2,7-13,18H2. The zero-order valence-corrected chi connectivity index (χ0v) is 12.7. The Labute approximate surface area is 127 Å². The SMILES string of the molecule is NC1CCN(c2ccc(OCCC3CCCO3)cc2)CC1. The molecule has 0 radical (unpaired) electrons. The minimum atomic E-state index is 0.377. The van der Waals surface area contributed by atoms with Crippen molar-refractivity contribution in [3.8, 4) is 5.75 Å². The summed E-state index contributed by atoms with van der Waals surface area (Å²) in [6.45, 7) is 3.77. The molecule has 21 heavy (non-hydrogen) atoms. The molecule has 0 saturated carbocycles. The van der Waals surface area contributed by atoms with E-state index >= 15 is 0 Å². The lowest BCUT2D eigenvalue weighted by atomic mass is 10.1. The predicted molar refractivity (Wildman–Crippen MR) is 85.0 cm³/mol. The van der Waals surface area contributed by atoms with Gasteiger partial charge in [-0.3, -0.25) is 0 Å². The minimum absolute atomic E-state index is 0.377. The van der Waals surface area contributed by atoms with Gasteiger partial charge >= 0.3 is 0 Å². The summed E-state index contributed by atoms with van der Waals surface area (Å²) in [6.07, 6.45) is 5.94. The molecule has 1 aromatic carbocycles. The van der Waals surface area contributed by atoms with Gasteiger partial charge in [-0.15, -0.1) is 0 Å². The van der Waals surface area contributed by atoms with Crippen molar-refractivity contribution in [1.29, 1.82) is 0 Å². The summed E-state index contributed by atoms with van der Waals surface area (Å²) in [4.78, 5) is 2.40. The molecule has 0 aliphatic carbocycles. The van der Waals surface area contributed by atoms with Crippen LogP contribution >= 0.6 is 0 Å². The van der Waals surface area contributed by atoms with Gasteiger partial charge in [-0.05, 0) is 49.9 Å². The maximum atomic E-state index is 5.95. The first-order chi connectivity index (χ1) is 10.3. The summed E-state index contributed by atoms with van der Waals surface area (Å²) in [7, 11) is 0. The highest BCUT2D eigenvalue weighted by atomic mass is 16.5. The number of nitrogens with two attached hydrogens (primary N) is 1. The van der Waals surface area contributed by atoms with Gasteiger partial charge in [-0.2, -0.15) is 0 Å². The van der Waals surface area contributed by atoms with E-state index in [2.05, 4.69) is 29.2 Å². The van der Waals surface area contributed by atoms with Crippen LogP contribution in [0.3, 0.4) is 0 Å². The number of benzene rings is 1. The number of rotatable bonds is 5. The van der Waals surface area contributed by atoms with E-state index in [4.69, 9.17) is 15.2 Å². The summed E-state index contributed by atoms with van der Waals surface area (Å²) in [5, 5.41) is 0. The monoisotopic (exact) mass is 290 g/mol. The first-order valence-electron chi connectivity index (χ1n) is 8.16. The maximum Gasteiger partial charge on any atom is 0.119 e. The molecule has 1 atom stereocenters. The summed E-state index contributed by atoms with van der Waals surface area (Å²) in [5.41, 5.74) is 7.22. The van der Waals surface area contributed by atoms with E-state index in [0.29, 0.717) is 12.1 Å². The summed E-state index contributed by atoms with van der Waals surface area (Å²) in [6, 6.07) is 8.82. The topological polar surface area (TPSA) is 47.7 Å². The quantitative estimate of drug-likeness (QED) is 0.905. The second-order valence-electron chi connectivity index (χ2n) is 6.09. The molecule has 0 bridgehead atoms. The fourth-order valence-electron chi connectivity index (χ4n) is 3.09. The van der Waals surface area contributed by atoms with Gasteiger partial charge in [0.25, 0.3) is 0 Å². The molecule has 1 aromatic rings. The lowest BCUT2D eigenvalue weighted by Crippen LogP contribution is -2.39. The van der Waals surface area contributed by atoms with E-state index < -0.39 is 0 Å². The van der Waals surface area contributed by atoms with E-state index in [9.17, 15) is 0 Å². The van der Waals surface area contributed by atoms with Crippen LogP contribution in [0.1, 0.15) is 32.1 Å². The Morgan fingerprint density at radius 2 is 1.90 bits per heavy atom. The average molecular weight is 290 g/mol. The molecule has 0 aromatic heterocycles. The van der Waals surface area contributed by atoms with Crippen LogP contribution in [0.4, 0.5) is 5.69 Å². The summed E-state index contributed by atoms with van der Waals surface area (Å²) < 4.78 is 11.4. The highest BCUT2D eigenvalue weighted by Crippen LogP contribution is 2.23. The molecular weight excluding hydrogens is 264 g/mol. The summed E-state index contributed by atoms with van der Waals surface area (Å²) >= 11 is 0. The number of nitrogens with zero attached hydrogens (tertiary/aromatic N) is 1. The van der Waals surface area contributed by atoms with Crippen molar-refractivity contribution >= 4 is 5.69 Å². The van der Waals surface area contributed by atoms with Crippen LogP contribution < -0.4 is 15.4 Å². The molecule has 2 aliphatic rings. The molecular formula is C17H26N2O2. The van der Waals surface area contributed by atoms with E-state index in [0.717, 1.165) is 51.3 Å². The van der Waals surface area contributed by atoms with Crippen molar-refractivity contribution < 1.29 is 9.47 Å². The minimum Gasteiger partial charge on any atom is -0.493 e. The molecule has 2 aliphatic heterocycles.